The second-order valence-corrected chi connectivity index (χ2v) is 8.76. The van der Waals surface area contributed by atoms with E-state index in [2.05, 4.69) is 20.8 Å². The normalized spacial score (nSPS) is 15.0. The predicted molar refractivity (Wildman–Crippen MR) is 125 cm³/mol. The first-order valence-corrected chi connectivity index (χ1v) is 11.1. The van der Waals surface area contributed by atoms with Gasteiger partial charge in [0, 0.05) is 34.4 Å². The van der Waals surface area contributed by atoms with Crippen LogP contribution in [0.1, 0.15) is 40.0 Å². The van der Waals surface area contributed by atoms with E-state index in [9.17, 15) is 18.2 Å². The molecule has 158 valence electrons. The van der Waals surface area contributed by atoms with Crippen LogP contribution < -0.4 is 4.90 Å². The zero-order valence-corrected chi connectivity index (χ0v) is 18.4. The van der Waals surface area contributed by atoms with Crippen LogP contribution in [0.2, 0.25) is 5.82 Å². The van der Waals surface area contributed by atoms with Gasteiger partial charge in [-0.2, -0.15) is 0 Å². The standard InChI is InChI=1S/C24H21BBrF2NO2/c26-20-9-6-17-14-19(5-4-18(17)15-20)24(31)22(25(27)28)23(30)16-7-10-21(11-8-16)29-12-2-1-3-13-29/h4-11,14-15,22H,1-3,12-13H2. The van der Waals surface area contributed by atoms with E-state index in [1.54, 1.807) is 42.5 Å². The van der Waals surface area contributed by atoms with Crippen LogP contribution in [0.25, 0.3) is 10.8 Å². The molecule has 1 heterocycles. The molecule has 1 atom stereocenters. The maximum absolute atomic E-state index is 13.9. The lowest BCUT2D eigenvalue weighted by atomic mass is 9.69. The van der Waals surface area contributed by atoms with Crippen LogP contribution in [-0.4, -0.2) is 31.9 Å². The molecule has 0 amide bonds. The summed E-state index contributed by atoms with van der Waals surface area (Å²) in [4.78, 5) is 28.0. The molecular weight excluding hydrogens is 463 g/mol. The van der Waals surface area contributed by atoms with Gasteiger partial charge in [-0.05, 0) is 72.5 Å². The number of carbonyl (C=O) groups is 2. The Kier molecular flexibility index (Phi) is 6.51. The van der Waals surface area contributed by atoms with Crippen LogP contribution in [-0.2, 0) is 0 Å². The van der Waals surface area contributed by atoms with Crippen molar-refractivity contribution < 1.29 is 18.2 Å². The number of anilines is 1. The minimum absolute atomic E-state index is 0.110. The number of Topliss-reactive ketones (excluding diaryl/α,β-unsaturated/α-hetero) is 2. The van der Waals surface area contributed by atoms with Gasteiger partial charge in [-0.25, -0.2) is 0 Å². The van der Waals surface area contributed by atoms with E-state index in [0.29, 0.717) is 0 Å². The molecule has 7 heteroatoms. The van der Waals surface area contributed by atoms with Gasteiger partial charge in [0.1, 0.15) is 5.82 Å². The molecule has 4 rings (SSSR count). The van der Waals surface area contributed by atoms with E-state index in [1.807, 2.05) is 12.1 Å². The smallest absolute Gasteiger partial charge is 0.372 e. The van der Waals surface area contributed by atoms with Crippen LogP contribution in [0.15, 0.2) is 65.1 Å². The number of ketones is 2. The fourth-order valence-corrected chi connectivity index (χ4v) is 4.44. The first-order valence-electron chi connectivity index (χ1n) is 10.3. The monoisotopic (exact) mass is 483 g/mol. The summed E-state index contributed by atoms with van der Waals surface area (Å²) in [5, 5.41) is 1.62. The number of nitrogens with zero attached hydrogens (tertiary/aromatic N) is 1. The largest absolute Gasteiger partial charge is 0.556 e. The molecule has 3 aromatic rings. The van der Waals surface area contributed by atoms with Crippen LogP contribution >= 0.6 is 15.9 Å². The van der Waals surface area contributed by atoms with Crippen LogP contribution in [0, 0.1) is 0 Å². The molecule has 0 radical (unpaired) electrons. The molecule has 1 saturated heterocycles. The minimum Gasteiger partial charge on any atom is -0.372 e. The van der Waals surface area contributed by atoms with Crippen LogP contribution in [0.5, 0.6) is 0 Å². The van der Waals surface area contributed by atoms with E-state index in [-0.39, 0.29) is 11.1 Å². The van der Waals surface area contributed by atoms with E-state index in [1.165, 1.54) is 12.5 Å². The van der Waals surface area contributed by atoms with Gasteiger partial charge < -0.3 is 4.90 Å². The molecule has 0 aliphatic carbocycles. The molecule has 1 aliphatic heterocycles. The third-order valence-electron chi connectivity index (χ3n) is 5.78. The number of rotatable bonds is 6. The number of fused-ring (bicyclic) bond motifs is 1. The summed E-state index contributed by atoms with van der Waals surface area (Å²) < 4.78 is 28.6. The van der Waals surface area contributed by atoms with Gasteiger partial charge in [0.2, 0.25) is 0 Å². The second-order valence-electron chi connectivity index (χ2n) is 7.84. The topological polar surface area (TPSA) is 37.4 Å². The summed E-state index contributed by atoms with van der Waals surface area (Å²) in [5.74, 6) is -3.72. The van der Waals surface area contributed by atoms with Gasteiger partial charge in [-0.1, -0.05) is 34.1 Å². The molecule has 0 saturated carbocycles. The van der Waals surface area contributed by atoms with Gasteiger partial charge in [-0.15, -0.1) is 0 Å². The molecule has 3 nitrogen and oxygen atoms in total. The van der Waals surface area contributed by atoms with Gasteiger partial charge >= 0.3 is 7.27 Å². The second kappa shape index (κ2) is 9.31. The summed E-state index contributed by atoms with van der Waals surface area (Å²) in [7, 11) is -3.08. The molecular formula is C24H21BBrF2NO2. The lowest BCUT2D eigenvalue weighted by molar-refractivity contribution is 0.0885. The quantitative estimate of drug-likeness (QED) is 0.229. The summed E-state index contributed by atoms with van der Waals surface area (Å²) in [5.41, 5.74) is 1.21. The fraction of sp³-hybridized carbons (Fsp3) is 0.250. The van der Waals surface area contributed by atoms with Crippen molar-refractivity contribution in [2.45, 2.75) is 25.1 Å². The molecule has 0 aromatic heterocycles. The first kappa shape index (κ1) is 21.7. The number of piperidine rings is 1. The number of hydrogen-bond acceptors (Lipinski definition) is 3. The first-order chi connectivity index (χ1) is 14.9. The Bertz CT molecular complexity index is 1110. The summed E-state index contributed by atoms with van der Waals surface area (Å²) >= 11 is 3.38. The average Bonchev–Trinajstić information content (AvgIpc) is 2.79. The SMILES string of the molecule is O=C(c1ccc(N2CCCCC2)cc1)C(B(F)F)C(=O)c1ccc2cc(Br)ccc2c1. The van der Waals surface area contributed by atoms with Gasteiger partial charge in [0.25, 0.3) is 0 Å². The van der Waals surface area contributed by atoms with E-state index < -0.39 is 24.7 Å². The van der Waals surface area contributed by atoms with Crippen molar-refractivity contribution in [2.24, 2.45) is 0 Å². The zero-order valence-electron chi connectivity index (χ0n) is 16.9. The third-order valence-corrected chi connectivity index (χ3v) is 6.27. The maximum Gasteiger partial charge on any atom is 0.556 e. The lowest BCUT2D eigenvalue weighted by Crippen LogP contribution is -2.30. The molecule has 1 fully saturated rings. The van der Waals surface area contributed by atoms with Crippen LogP contribution in [0.3, 0.4) is 0 Å². The van der Waals surface area contributed by atoms with Crippen molar-refractivity contribution in [3.05, 3.63) is 76.3 Å². The van der Waals surface area contributed by atoms with Crippen molar-refractivity contribution in [2.75, 3.05) is 18.0 Å². The maximum atomic E-state index is 13.9. The van der Waals surface area contributed by atoms with Gasteiger partial charge in [0.05, 0.1) is 0 Å². The molecule has 3 aromatic carbocycles. The molecule has 0 N–H and O–H groups in total. The van der Waals surface area contributed by atoms with E-state index in [4.69, 9.17) is 0 Å². The third kappa shape index (κ3) is 4.71. The van der Waals surface area contributed by atoms with Crippen molar-refractivity contribution in [3.8, 4) is 0 Å². The Morgan fingerprint density at radius 1 is 0.806 bits per heavy atom. The van der Waals surface area contributed by atoms with Crippen molar-refractivity contribution in [1.29, 1.82) is 0 Å². The summed E-state index contributed by atoms with van der Waals surface area (Å²) in [6, 6.07) is 16.9. The highest BCUT2D eigenvalue weighted by molar-refractivity contribution is 9.10. The highest BCUT2D eigenvalue weighted by Crippen LogP contribution is 2.29. The fourth-order valence-electron chi connectivity index (χ4n) is 4.07. The van der Waals surface area contributed by atoms with Crippen molar-refractivity contribution >= 4 is 51.2 Å². The molecule has 0 bridgehead atoms. The minimum atomic E-state index is -3.08. The highest BCUT2D eigenvalue weighted by atomic mass is 79.9. The number of halogens is 3. The number of benzene rings is 3. The summed E-state index contributed by atoms with van der Waals surface area (Å²) in [6.07, 6.45) is 3.44. The lowest BCUT2D eigenvalue weighted by Gasteiger charge is -2.28. The number of carbonyl (C=O) groups excluding carboxylic acids is 2. The molecule has 0 spiro atoms. The Labute approximate surface area is 188 Å². The average molecular weight is 484 g/mol. The van der Waals surface area contributed by atoms with E-state index >= 15 is 0 Å². The van der Waals surface area contributed by atoms with Crippen molar-refractivity contribution in [1.82, 2.24) is 0 Å². The van der Waals surface area contributed by atoms with E-state index in [0.717, 1.165) is 46.9 Å². The Morgan fingerprint density at radius 3 is 2.06 bits per heavy atom. The summed E-state index contributed by atoms with van der Waals surface area (Å²) in [6.45, 7) is 1.90. The van der Waals surface area contributed by atoms with Gasteiger partial charge in [-0.3, -0.25) is 18.2 Å². The Hall–Kier alpha value is -2.54. The Balaban J connectivity index is 1.58. The Morgan fingerprint density at radius 2 is 1.39 bits per heavy atom. The van der Waals surface area contributed by atoms with Gasteiger partial charge in [0.15, 0.2) is 11.6 Å². The predicted octanol–water partition coefficient (Wildman–Crippen LogP) is 6.46. The highest BCUT2D eigenvalue weighted by Gasteiger charge is 2.41. The molecule has 31 heavy (non-hydrogen) atoms. The van der Waals surface area contributed by atoms with Crippen LogP contribution in [0.4, 0.5) is 14.3 Å². The zero-order chi connectivity index (χ0) is 22.0. The molecule has 1 unspecified atom stereocenters. The van der Waals surface area contributed by atoms with Crippen molar-refractivity contribution in [3.63, 3.8) is 0 Å². The number of hydrogen-bond donors (Lipinski definition) is 0. The molecule has 1 aliphatic rings.